The summed E-state index contributed by atoms with van der Waals surface area (Å²) in [4.78, 5) is 5.93. The maximum atomic E-state index is 9.42. The van der Waals surface area contributed by atoms with Gasteiger partial charge in [-0.3, -0.25) is 4.40 Å². The largest absolute Gasteiger partial charge is 0.293 e. The predicted molar refractivity (Wildman–Crippen MR) is 101 cm³/mol. The molecule has 0 aliphatic carbocycles. The van der Waals surface area contributed by atoms with Crippen molar-refractivity contribution in [2.24, 2.45) is 0 Å². The topological polar surface area (TPSA) is 41.1 Å². The molecule has 0 bridgehead atoms. The maximum absolute atomic E-state index is 9.42. The van der Waals surface area contributed by atoms with Crippen LogP contribution in [0.1, 0.15) is 11.1 Å². The summed E-state index contributed by atoms with van der Waals surface area (Å²) in [7, 11) is 0. The van der Waals surface area contributed by atoms with Gasteiger partial charge in [0.05, 0.1) is 5.56 Å². The van der Waals surface area contributed by atoms with Crippen molar-refractivity contribution in [3.8, 4) is 17.3 Å². The van der Waals surface area contributed by atoms with Gasteiger partial charge in [-0.1, -0.05) is 59.8 Å². The molecular weight excluding hydrogens is 326 g/mol. The van der Waals surface area contributed by atoms with E-state index in [1.165, 1.54) is 5.56 Å². The molecule has 120 valence electrons. The Hall–Kier alpha value is -3.03. The fourth-order valence-corrected chi connectivity index (χ4v) is 3.73. The van der Waals surface area contributed by atoms with Crippen LogP contribution in [0.15, 0.2) is 82.8 Å². The molecule has 2 heterocycles. The fourth-order valence-electron chi connectivity index (χ4n) is 2.73. The third-order valence-corrected chi connectivity index (χ3v) is 5.10. The standard InChI is InChI=1S/C21H15N3S/c1-15-9-11-18(12-10-15)25-21-19(16-6-3-2-4-7-16)23-20-17(14-22)8-5-13-24(20)21/h2-13H,1H3. The Morgan fingerprint density at radius 2 is 1.72 bits per heavy atom. The van der Waals surface area contributed by atoms with E-state index in [9.17, 15) is 5.26 Å². The van der Waals surface area contributed by atoms with Crippen LogP contribution in [0.2, 0.25) is 0 Å². The molecule has 25 heavy (non-hydrogen) atoms. The van der Waals surface area contributed by atoms with E-state index in [0.717, 1.165) is 21.2 Å². The summed E-state index contributed by atoms with van der Waals surface area (Å²) in [6, 6.07) is 24.5. The van der Waals surface area contributed by atoms with Crippen molar-refractivity contribution in [2.75, 3.05) is 0 Å². The van der Waals surface area contributed by atoms with Crippen LogP contribution in [0.4, 0.5) is 0 Å². The van der Waals surface area contributed by atoms with Crippen LogP contribution in [0, 0.1) is 18.3 Å². The highest BCUT2D eigenvalue weighted by Gasteiger charge is 2.17. The van der Waals surface area contributed by atoms with Gasteiger partial charge in [-0.25, -0.2) is 4.98 Å². The lowest BCUT2D eigenvalue weighted by atomic mass is 10.2. The monoisotopic (exact) mass is 341 g/mol. The van der Waals surface area contributed by atoms with Crippen LogP contribution >= 0.6 is 11.8 Å². The molecule has 0 spiro atoms. The van der Waals surface area contributed by atoms with E-state index in [0.29, 0.717) is 11.2 Å². The molecule has 0 fully saturated rings. The summed E-state index contributed by atoms with van der Waals surface area (Å²) in [6.45, 7) is 2.08. The quantitative estimate of drug-likeness (QED) is 0.505. The number of pyridine rings is 1. The van der Waals surface area contributed by atoms with E-state index in [2.05, 4.69) is 37.3 Å². The molecule has 0 aliphatic rings. The summed E-state index contributed by atoms with van der Waals surface area (Å²) in [5, 5.41) is 10.4. The van der Waals surface area contributed by atoms with Gasteiger partial charge in [-0.2, -0.15) is 5.26 Å². The lowest BCUT2D eigenvalue weighted by Crippen LogP contribution is -1.89. The van der Waals surface area contributed by atoms with Crippen molar-refractivity contribution in [1.82, 2.24) is 9.38 Å². The van der Waals surface area contributed by atoms with E-state index in [4.69, 9.17) is 4.98 Å². The number of nitrogens with zero attached hydrogens (tertiary/aromatic N) is 3. The summed E-state index contributed by atoms with van der Waals surface area (Å²) in [6.07, 6.45) is 1.96. The zero-order valence-electron chi connectivity index (χ0n) is 13.7. The van der Waals surface area contributed by atoms with E-state index >= 15 is 0 Å². The minimum absolute atomic E-state index is 0.579. The minimum Gasteiger partial charge on any atom is -0.293 e. The van der Waals surface area contributed by atoms with Crippen LogP contribution in [-0.2, 0) is 0 Å². The molecule has 4 heteroatoms. The lowest BCUT2D eigenvalue weighted by Gasteiger charge is -2.06. The molecule has 4 rings (SSSR count). The van der Waals surface area contributed by atoms with Gasteiger partial charge in [-0.15, -0.1) is 0 Å². The third kappa shape index (κ3) is 2.90. The Morgan fingerprint density at radius 1 is 0.960 bits per heavy atom. The van der Waals surface area contributed by atoms with Gasteiger partial charge in [-0.05, 0) is 31.2 Å². The molecule has 0 saturated carbocycles. The number of hydrogen-bond acceptors (Lipinski definition) is 3. The molecule has 2 aromatic carbocycles. The number of hydrogen-bond donors (Lipinski definition) is 0. The van der Waals surface area contributed by atoms with Crippen LogP contribution in [-0.4, -0.2) is 9.38 Å². The van der Waals surface area contributed by atoms with Gasteiger partial charge in [0.1, 0.15) is 16.8 Å². The average molecular weight is 341 g/mol. The smallest absolute Gasteiger partial charge is 0.156 e. The van der Waals surface area contributed by atoms with Gasteiger partial charge < -0.3 is 0 Å². The van der Waals surface area contributed by atoms with Crippen molar-refractivity contribution in [1.29, 1.82) is 5.26 Å². The Labute approximate surface area is 150 Å². The molecule has 0 unspecified atom stereocenters. The number of aromatic nitrogens is 2. The first kappa shape index (κ1) is 15.5. The fraction of sp³-hybridized carbons (Fsp3) is 0.0476. The second-order valence-corrected chi connectivity index (χ2v) is 6.84. The number of imidazole rings is 1. The van der Waals surface area contributed by atoms with Crippen molar-refractivity contribution in [3.63, 3.8) is 0 Å². The molecule has 3 nitrogen and oxygen atoms in total. The van der Waals surface area contributed by atoms with Crippen molar-refractivity contribution >= 4 is 17.4 Å². The molecule has 0 N–H and O–H groups in total. The minimum atomic E-state index is 0.579. The van der Waals surface area contributed by atoms with Gasteiger partial charge in [0.25, 0.3) is 0 Å². The highest BCUT2D eigenvalue weighted by atomic mass is 32.2. The number of fused-ring (bicyclic) bond motifs is 1. The maximum Gasteiger partial charge on any atom is 0.156 e. The second-order valence-electron chi connectivity index (χ2n) is 5.77. The first-order valence-corrected chi connectivity index (χ1v) is 8.79. The Bertz CT molecular complexity index is 1070. The molecule has 2 aromatic heterocycles. The molecule has 0 atom stereocenters. The van der Waals surface area contributed by atoms with Gasteiger partial charge in [0.2, 0.25) is 0 Å². The van der Waals surface area contributed by atoms with Crippen LogP contribution < -0.4 is 0 Å². The summed E-state index contributed by atoms with van der Waals surface area (Å²) in [5.74, 6) is 0. The SMILES string of the molecule is Cc1ccc(Sc2c(-c3ccccc3)nc3c(C#N)cccn23)cc1. The summed E-state index contributed by atoms with van der Waals surface area (Å²) < 4.78 is 2.01. The van der Waals surface area contributed by atoms with Crippen LogP contribution in [0.25, 0.3) is 16.9 Å². The first-order chi connectivity index (χ1) is 12.3. The Balaban J connectivity index is 1.93. The first-order valence-electron chi connectivity index (χ1n) is 7.97. The second kappa shape index (κ2) is 6.46. The van der Waals surface area contributed by atoms with E-state index in [1.54, 1.807) is 17.8 Å². The molecule has 0 aliphatic heterocycles. The van der Waals surface area contributed by atoms with Crippen molar-refractivity contribution in [3.05, 3.63) is 84.1 Å². The number of aryl methyl sites for hydroxylation is 1. The molecular formula is C21H15N3S. The van der Waals surface area contributed by atoms with Crippen LogP contribution in [0.5, 0.6) is 0 Å². The zero-order chi connectivity index (χ0) is 17.2. The lowest BCUT2D eigenvalue weighted by molar-refractivity contribution is 1.05. The predicted octanol–water partition coefficient (Wildman–Crippen LogP) is 5.33. The third-order valence-electron chi connectivity index (χ3n) is 4.01. The molecule has 0 saturated heterocycles. The molecule has 0 amide bonds. The highest BCUT2D eigenvalue weighted by molar-refractivity contribution is 7.99. The van der Waals surface area contributed by atoms with Crippen molar-refractivity contribution < 1.29 is 0 Å². The van der Waals surface area contributed by atoms with Gasteiger partial charge in [0, 0.05) is 16.7 Å². The van der Waals surface area contributed by atoms with E-state index in [1.807, 2.05) is 47.0 Å². The highest BCUT2D eigenvalue weighted by Crippen LogP contribution is 2.37. The van der Waals surface area contributed by atoms with Gasteiger partial charge >= 0.3 is 0 Å². The zero-order valence-corrected chi connectivity index (χ0v) is 14.5. The average Bonchev–Trinajstić information content (AvgIpc) is 3.03. The van der Waals surface area contributed by atoms with Gasteiger partial charge in [0.15, 0.2) is 5.65 Å². The molecule has 0 radical (unpaired) electrons. The molecule has 4 aromatic rings. The normalized spacial score (nSPS) is 10.7. The van der Waals surface area contributed by atoms with E-state index in [-0.39, 0.29) is 0 Å². The van der Waals surface area contributed by atoms with Crippen molar-refractivity contribution in [2.45, 2.75) is 16.8 Å². The number of rotatable bonds is 3. The Kier molecular flexibility index (Phi) is 4.01. The van der Waals surface area contributed by atoms with E-state index < -0.39 is 0 Å². The number of nitriles is 1. The van der Waals surface area contributed by atoms with Crippen LogP contribution in [0.3, 0.4) is 0 Å². The summed E-state index contributed by atoms with van der Waals surface area (Å²) in [5.41, 5.74) is 4.45. The number of benzene rings is 2. The summed E-state index contributed by atoms with van der Waals surface area (Å²) >= 11 is 1.66. The Morgan fingerprint density at radius 3 is 2.44 bits per heavy atom.